The Kier molecular flexibility index (Phi) is 6.74. The van der Waals surface area contributed by atoms with Crippen LogP contribution < -0.4 is 5.32 Å². The Balaban J connectivity index is 1.17. The molecule has 35 heavy (non-hydrogen) atoms. The lowest BCUT2D eigenvalue weighted by atomic mass is 9.78. The molecule has 0 bridgehead atoms. The van der Waals surface area contributed by atoms with Gasteiger partial charge in [0.25, 0.3) is 5.91 Å². The van der Waals surface area contributed by atoms with Gasteiger partial charge < -0.3 is 15.0 Å². The van der Waals surface area contributed by atoms with Gasteiger partial charge in [0.1, 0.15) is 0 Å². The van der Waals surface area contributed by atoms with Gasteiger partial charge in [0.05, 0.1) is 24.2 Å². The van der Waals surface area contributed by atoms with E-state index >= 15 is 0 Å². The number of morpholine rings is 1. The minimum absolute atomic E-state index is 0.124. The average molecular weight is 474 g/mol. The van der Waals surface area contributed by atoms with E-state index in [1.165, 1.54) is 5.56 Å². The third-order valence-corrected chi connectivity index (χ3v) is 7.11. The van der Waals surface area contributed by atoms with Crippen molar-refractivity contribution < 1.29 is 14.3 Å². The van der Waals surface area contributed by atoms with Crippen molar-refractivity contribution in [2.75, 3.05) is 38.1 Å². The summed E-state index contributed by atoms with van der Waals surface area (Å²) in [6, 6.07) is 15.8. The molecule has 2 aliphatic heterocycles. The van der Waals surface area contributed by atoms with Crippen LogP contribution in [0.2, 0.25) is 0 Å². The molecule has 1 atom stereocenters. The van der Waals surface area contributed by atoms with E-state index in [0.29, 0.717) is 24.4 Å². The highest BCUT2D eigenvalue weighted by Gasteiger charge is 2.41. The highest BCUT2D eigenvalue weighted by Crippen LogP contribution is 2.34. The summed E-state index contributed by atoms with van der Waals surface area (Å²) in [5.74, 6) is -0.132. The number of hydrogen-bond acceptors (Lipinski definition) is 6. The fourth-order valence-electron chi connectivity index (χ4n) is 4.90. The highest BCUT2D eigenvalue weighted by molar-refractivity contribution is 5.96. The normalized spacial score (nSPS) is 20.5. The molecular weight excluding hydrogens is 442 g/mol. The maximum Gasteiger partial charge on any atom is 0.255 e. The first-order chi connectivity index (χ1) is 17.0. The van der Waals surface area contributed by atoms with E-state index < -0.39 is 11.5 Å². The number of benzene rings is 2. The maximum absolute atomic E-state index is 13.5. The van der Waals surface area contributed by atoms with Crippen LogP contribution in [0.3, 0.4) is 0 Å². The zero-order chi connectivity index (χ0) is 24.3. The van der Waals surface area contributed by atoms with Crippen LogP contribution in [0.15, 0.2) is 60.9 Å². The molecule has 5 rings (SSSR count). The Bertz CT molecular complexity index is 1190. The third kappa shape index (κ3) is 5.33. The van der Waals surface area contributed by atoms with E-state index in [1.54, 1.807) is 24.5 Å². The lowest BCUT2D eigenvalue weighted by Gasteiger charge is -2.43. The Morgan fingerprint density at radius 3 is 2.54 bits per heavy atom. The van der Waals surface area contributed by atoms with Gasteiger partial charge in [-0.15, -0.1) is 0 Å². The number of fused-ring (bicyclic) bond motifs is 1. The van der Waals surface area contributed by atoms with Crippen LogP contribution in [0.4, 0.5) is 5.69 Å². The van der Waals surface area contributed by atoms with Crippen LogP contribution in [0.1, 0.15) is 25.3 Å². The van der Waals surface area contributed by atoms with Crippen molar-refractivity contribution in [3.05, 3.63) is 66.5 Å². The van der Waals surface area contributed by atoms with Gasteiger partial charge in [0, 0.05) is 36.6 Å². The molecule has 1 N–H and O–H groups in total. The molecule has 2 aliphatic rings. The highest BCUT2D eigenvalue weighted by atomic mass is 16.5. The van der Waals surface area contributed by atoms with E-state index in [1.807, 2.05) is 17.0 Å². The molecule has 0 unspecified atom stereocenters. The standard InChI is InChI=1S/C27H31N5O3/c1-27(9-13-31(14-10-27)18-20-5-3-2-4-6-20)26(34)32-15-16-35-24(19-32)25(33)30-21-7-8-22-23(17-21)29-12-11-28-22/h2-8,11-12,17,24H,9-10,13-16,18-19H2,1H3,(H,30,33)/t24-/m0/s1. The molecule has 0 spiro atoms. The number of aromatic nitrogens is 2. The second kappa shape index (κ2) is 10.1. The number of piperidine rings is 1. The van der Waals surface area contributed by atoms with Gasteiger partial charge in [0.2, 0.25) is 5.91 Å². The number of ether oxygens (including phenoxy) is 1. The number of rotatable bonds is 5. The molecule has 182 valence electrons. The summed E-state index contributed by atoms with van der Waals surface area (Å²) in [4.78, 5) is 39.2. The van der Waals surface area contributed by atoms with Gasteiger partial charge in [-0.25, -0.2) is 0 Å². The summed E-state index contributed by atoms with van der Waals surface area (Å²) in [6.07, 6.45) is 4.17. The Labute approximate surface area is 205 Å². The topological polar surface area (TPSA) is 87.7 Å². The van der Waals surface area contributed by atoms with Crippen LogP contribution in [-0.4, -0.2) is 70.5 Å². The first kappa shape index (κ1) is 23.4. The summed E-state index contributed by atoms with van der Waals surface area (Å²) in [5, 5.41) is 2.90. The second-order valence-corrected chi connectivity index (χ2v) is 9.68. The largest absolute Gasteiger partial charge is 0.365 e. The molecule has 2 saturated heterocycles. The molecule has 2 fully saturated rings. The summed E-state index contributed by atoms with van der Waals surface area (Å²) in [6.45, 7) is 5.87. The number of carbonyl (C=O) groups excluding carboxylic acids is 2. The van der Waals surface area contributed by atoms with E-state index in [0.717, 1.165) is 38.0 Å². The van der Waals surface area contributed by atoms with Crippen LogP contribution in [0, 0.1) is 5.41 Å². The van der Waals surface area contributed by atoms with Crippen molar-refractivity contribution in [2.24, 2.45) is 5.41 Å². The number of likely N-dealkylation sites (tertiary alicyclic amines) is 1. The monoisotopic (exact) mass is 473 g/mol. The van der Waals surface area contributed by atoms with E-state index in [2.05, 4.69) is 51.4 Å². The molecule has 2 aromatic carbocycles. The first-order valence-corrected chi connectivity index (χ1v) is 12.2. The van der Waals surface area contributed by atoms with Crippen molar-refractivity contribution in [1.82, 2.24) is 19.8 Å². The van der Waals surface area contributed by atoms with Crippen molar-refractivity contribution >= 4 is 28.5 Å². The molecule has 0 radical (unpaired) electrons. The van der Waals surface area contributed by atoms with E-state index in [4.69, 9.17) is 4.74 Å². The summed E-state index contributed by atoms with van der Waals surface area (Å²) < 4.78 is 5.74. The summed E-state index contributed by atoms with van der Waals surface area (Å²) >= 11 is 0. The van der Waals surface area contributed by atoms with Gasteiger partial charge in [-0.2, -0.15) is 0 Å². The minimum Gasteiger partial charge on any atom is -0.365 e. The van der Waals surface area contributed by atoms with Gasteiger partial charge >= 0.3 is 0 Å². The SMILES string of the molecule is CC1(C(=O)N2CCO[C@H](C(=O)Nc3ccc4nccnc4c3)C2)CCN(Cc2ccccc2)CC1. The van der Waals surface area contributed by atoms with E-state index in [9.17, 15) is 9.59 Å². The number of nitrogens with zero attached hydrogens (tertiary/aromatic N) is 4. The lowest BCUT2D eigenvalue weighted by Crippen LogP contribution is -2.55. The van der Waals surface area contributed by atoms with Crippen molar-refractivity contribution in [1.29, 1.82) is 0 Å². The zero-order valence-electron chi connectivity index (χ0n) is 20.0. The number of amides is 2. The first-order valence-electron chi connectivity index (χ1n) is 12.2. The molecule has 3 aromatic rings. The quantitative estimate of drug-likeness (QED) is 0.613. The predicted octanol–water partition coefficient (Wildman–Crippen LogP) is 3.10. The molecule has 0 saturated carbocycles. The molecular formula is C27H31N5O3. The van der Waals surface area contributed by atoms with Crippen molar-refractivity contribution in [3.63, 3.8) is 0 Å². The lowest BCUT2D eigenvalue weighted by molar-refractivity contribution is -0.154. The molecule has 1 aromatic heterocycles. The van der Waals surface area contributed by atoms with Crippen molar-refractivity contribution in [2.45, 2.75) is 32.4 Å². The minimum atomic E-state index is -0.702. The number of carbonyl (C=O) groups is 2. The summed E-state index contributed by atoms with van der Waals surface area (Å²) in [5.41, 5.74) is 2.98. The number of anilines is 1. The third-order valence-electron chi connectivity index (χ3n) is 7.11. The number of hydrogen-bond donors (Lipinski definition) is 1. The van der Waals surface area contributed by atoms with Crippen LogP contribution in [-0.2, 0) is 20.9 Å². The Morgan fingerprint density at radius 1 is 1.03 bits per heavy atom. The van der Waals surface area contributed by atoms with Gasteiger partial charge in [-0.3, -0.25) is 24.5 Å². The van der Waals surface area contributed by atoms with Gasteiger partial charge in [-0.05, 0) is 49.7 Å². The van der Waals surface area contributed by atoms with Gasteiger partial charge in [0.15, 0.2) is 6.10 Å². The zero-order valence-corrected chi connectivity index (χ0v) is 20.0. The fourth-order valence-corrected chi connectivity index (χ4v) is 4.90. The smallest absolute Gasteiger partial charge is 0.255 e. The molecule has 8 nitrogen and oxygen atoms in total. The van der Waals surface area contributed by atoms with Gasteiger partial charge in [-0.1, -0.05) is 37.3 Å². The average Bonchev–Trinajstić information content (AvgIpc) is 2.90. The number of nitrogens with one attached hydrogen (secondary N) is 1. The predicted molar refractivity (Wildman–Crippen MR) is 134 cm³/mol. The second-order valence-electron chi connectivity index (χ2n) is 9.68. The van der Waals surface area contributed by atoms with Crippen LogP contribution >= 0.6 is 0 Å². The van der Waals surface area contributed by atoms with E-state index in [-0.39, 0.29) is 18.4 Å². The maximum atomic E-state index is 13.5. The van der Waals surface area contributed by atoms with Crippen molar-refractivity contribution in [3.8, 4) is 0 Å². The van der Waals surface area contributed by atoms with Crippen LogP contribution in [0.5, 0.6) is 0 Å². The Morgan fingerprint density at radius 2 is 1.77 bits per heavy atom. The summed E-state index contributed by atoms with van der Waals surface area (Å²) in [7, 11) is 0. The molecule has 8 heteroatoms. The molecule has 3 heterocycles. The Hall–Kier alpha value is -3.36. The molecule has 2 amide bonds. The fraction of sp³-hybridized carbons (Fsp3) is 0.407. The molecule has 0 aliphatic carbocycles. The van der Waals surface area contributed by atoms with Crippen LogP contribution in [0.25, 0.3) is 11.0 Å².